The van der Waals surface area contributed by atoms with Crippen LogP contribution in [0.25, 0.3) is 10.8 Å². The zero-order valence-electron chi connectivity index (χ0n) is 14.0. The number of nitrogens with zero attached hydrogens (tertiary/aromatic N) is 1. The molecule has 2 aromatic rings. The minimum atomic E-state index is -0.323. The van der Waals surface area contributed by atoms with Crippen molar-refractivity contribution in [3.05, 3.63) is 42.5 Å². The van der Waals surface area contributed by atoms with Crippen LogP contribution in [0.5, 0.6) is 0 Å². The molecule has 2 atom stereocenters. The lowest BCUT2D eigenvalue weighted by atomic mass is 10.1. The quantitative estimate of drug-likeness (QED) is 0.917. The predicted octanol–water partition coefficient (Wildman–Crippen LogP) is 2.34. The van der Waals surface area contributed by atoms with Crippen LogP contribution < -0.4 is 10.2 Å². The van der Waals surface area contributed by atoms with E-state index in [4.69, 9.17) is 4.74 Å². The summed E-state index contributed by atoms with van der Waals surface area (Å²) < 4.78 is 5.03. The Morgan fingerprint density at radius 1 is 1.29 bits per heavy atom. The summed E-state index contributed by atoms with van der Waals surface area (Å²) in [6.07, 6.45) is 0.245. The molecule has 1 aliphatic heterocycles. The lowest BCUT2D eigenvalue weighted by Crippen LogP contribution is -2.40. The van der Waals surface area contributed by atoms with Crippen molar-refractivity contribution in [3.63, 3.8) is 0 Å². The van der Waals surface area contributed by atoms with Gasteiger partial charge < -0.3 is 15.0 Å². The first-order valence-electron chi connectivity index (χ1n) is 8.17. The molecule has 1 heterocycles. The lowest BCUT2D eigenvalue weighted by Gasteiger charge is -2.19. The third-order valence-electron chi connectivity index (χ3n) is 4.36. The zero-order chi connectivity index (χ0) is 17.1. The maximum atomic E-state index is 12.5. The number of carbonyl (C=O) groups is 2. The van der Waals surface area contributed by atoms with Crippen LogP contribution in [0, 0.1) is 5.92 Å². The molecule has 5 nitrogen and oxygen atoms in total. The number of amides is 2. The summed E-state index contributed by atoms with van der Waals surface area (Å²) in [4.78, 5) is 26.6. The van der Waals surface area contributed by atoms with Crippen molar-refractivity contribution in [2.45, 2.75) is 19.4 Å². The third-order valence-corrected chi connectivity index (χ3v) is 4.36. The number of benzene rings is 2. The maximum Gasteiger partial charge on any atom is 0.227 e. The number of hydrogen-bond donors (Lipinski definition) is 1. The molecule has 0 bridgehead atoms. The summed E-state index contributed by atoms with van der Waals surface area (Å²) in [7, 11) is 1.60. The van der Waals surface area contributed by atoms with Gasteiger partial charge in [0.15, 0.2) is 0 Å². The minimum Gasteiger partial charge on any atom is -0.383 e. The van der Waals surface area contributed by atoms with Gasteiger partial charge in [-0.05, 0) is 18.4 Å². The summed E-state index contributed by atoms with van der Waals surface area (Å²) in [5.41, 5.74) is 0.873. The Labute approximate surface area is 141 Å². The summed E-state index contributed by atoms with van der Waals surface area (Å²) in [6, 6.07) is 13.8. The molecule has 2 unspecified atom stereocenters. The average Bonchev–Trinajstić information content (AvgIpc) is 2.96. The maximum absolute atomic E-state index is 12.5. The molecule has 1 saturated heterocycles. The topological polar surface area (TPSA) is 58.6 Å². The fourth-order valence-electron chi connectivity index (χ4n) is 3.21. The van der Waals surface area contributed by atoms with E-state index < -0.39 is 0 Å². The molecule has 5 heteroatoms. The van der Waals surface area contributed by atoms with Crippen LogP contribution in [0.2, 0.25) is 0 Å². The van der Waals surface area contributed by atoms with E-state index in [0.717, 1.165) is 16.5 Å². The van der Waals surface area contributed by atoms with E-state index in [9.17, 15) is 9.59 Å². The van der Waals surface area contributed by atoms with Gasteiger partial charge in [-0.3, -0.25) is 9.59 Å². The standard InChI is InChI=1S/C19H22N2O3/c1-13(12-24-2)20-19(23)15-10-18(22)21(11-15)17-9-5-7-14-6-3-4-8-16(14)17/h3-9,13,15H,10-12H2,1-2H3,(H,20,23). The third kappa shape index (κ3) is 3.26. The Morgan fingerprint density at radius 2 is 2.04 bits per heavy atom. The highest BCUT2D eigenvalue weighted by molar-refractivity contribution is 6.06. The van der Waals surface area contributed by atoms with E-state index >= 15 is 0 Å². The van der Waals surface area contributed by atoms with Crippen molar-refractivity contribution in [2.75, 3.05) is 25.2 Å². The fraction of sp³-hybridized carbons (Fsp3) is 0.368. The summed E-state index contributed by atoms with van der Waals surface area (Å²) in [6.45, 7) is 2.76. The minimum absolute atomic E-state index is 0.00843. The first kappa shape index (κ1) is 16.5. The molecule has 1 N–H and O–H groups in total. The van der Waals surface area contributed by atoms with Gasteiger partial charge in [-0.1, -0.05) is 36.4 Å². The van der Waals surface area contributed by atoms with Gasteiger partial charge in [0.1, 0.15) is 0 Å². The van der Waals surface area contributed by atoms with Gasteiger partial charge in [0, 0.05) is 31.5 Å². The highest BCUT2D eigenvalue weighted by atomic mass is 16.5. The second kappa shape index (κ2) is 7.01. The summed E-state index contributed by atoms with van der Waals surface area (Å²) in [5, 5.41) is 5.03. The zero-order valence-corrected chi connectivity index (χ0v) is 14.0. The van der Waals surface area contributed by atoms with Crippen LogP contribution >= 0.6 is 0 Å². The van der Waals surface area contributed by atoms with E-state index in [1.165, 1.54) is 0 Å². The lowest BCUT2D eigenvalue weighted by molar-refractivity contribution is -0.127. The fourth-order valence-corrected chi connectivity index (χ4v) is 3.21. The van der Waals surface area contributed by atoms with Crippen LogP contribution in [-0.4, -0.2) is 38.1 Å². The predicted molar refractivity (Wildman–Crippen MR) is 93.9 cm³/mol. The van der Waals surface area contributed by atoms with E-state index in [-0.39, 0.29) is 30.2 Å². The highest BCUT2D eigenvalue weighted by Crippen LogP contribution is 2.31. The summed E-state index contributed by atoms with van der Waals surface area (Å²) in [5.74, 6) is -0.419. The number of methoxy groups -OCH3 is 1. The second-order valence-corrected chi connectivity index (χ2v) is 6.27. The van der Waals surface area contributed by atoms with Gasteiger partial charge in [0.2, 0.25) is 11.8 Å². The van der Waals surface area contributed by atoms with Gasteiger partial charge in [-0.25, -0.2) is 0 Å². The number of hydrogen-bond acceptors (Lipinski definition) is 3. The van der Waals surface area contributed by atoms with Crippen LogP contribution in [-0.2, 0) is 14.3 Å². The molecule has 3 rings (SSSR count). The van der Waals surface area contributed by atoms with E-state index in [0.29, 0.717) is 13.2 Å². The molecule has 126 valence electrons. The first-order chi connectivity index (χ1) is 11.6. The van der Waals surface area contributed by atoms with Crippen molar-refractivity contribution in [2.24, 2.45) is 5.92 Å². The normalized spacial score (nSPS) is 18.8. The molecule has 0 aliphatic carbocycles. The van der Waals surface area contributed by atoms with E-state index in [1.807, 2.05) is 49.4 Å². The van der Waals surface area contributed by atoms with Crippen LogP contribution in [0.3, 0.4) is 0 Å². The molecule has 2 amide bonds. The Balaban J connectivity index is 1.78. The average molecular weight is 326 g/mol. The van der Waals surface area contributed by atoms with Crippen molar-refractivity contribution < 1.29 is 14.3 Å². The SMILES string of the molecule is COCC(C)NC(=O)C1CC(=O)N(c2cccc3ccccc23)C1. The van der Waals surface area contributed by atoms with Gasteiger partial charge in [-0.15, -0.1) is 0 Å². The Kier molecular flexibility index (Phi) is 4.81. The molecular weight excluding hydrogens is 304 g/mol. The summed E-state index contributed by atoms with van der Waals surface area (Å²) >= 11 is 0. The van der Waals surface area contributed by atoms with Gasteiger partial charge in [0.05, 0.1) is 18.2 Å². The largest absolute Gasteiger partial charge is 0.383 e. The number of anilines is 1. The van der Waals surface area contributed by atoms with E-state index in [2.05, 4.69) is 5.32 Å². The van der Waals surface area contributed by atoms with Gasteiger partial charge in [0.25, 0.3) is 0 Å². The van der Waals surface area contributed by atoms with E-state index in [1.54, 1.807) is 12.0 Å². The Hall–Kier alpha value is -2.40. The number of ether oxygens (including phenoxy) is 1. The number of carbonyl (C=O) groups excluding carboxylic acids is 2. The Morgan fingerprint density at radius 3 is 2.83 bits per heavy atom. The van der Waals surface area contributed by atoms with Crippen LogP contribution in [0.15, 0.2) is 42.5 Å². The molecule has 0 saturated carbocycles. The number of rotatable bonds is 5. The van der Waals surface area contributed by atoms with Crippen LogP contribution in [0.1, 0.15) is 13.3 Å². The van der Waals surface area contributed by atoms with Crippen molar-refractivity contribution in [1.82, 2.24) is 5.32 Å². The molecular formula is C19H22N2O3. The highest BCUT2D eigenvalue weighted by Gasteiger charge is 2.35. The second-order valence-electron chi connectivity index (χ2n) is 6.27. The van der Waals surface area contributed by atoms with Crippen molar-refractivity contribution in [3.8, 4) is 0 Å². The molecule has 0 spiro atoms. The molecule has 24 heavy (non-hydrogen) atoms. The Bertz CT molecular complexity index is 754. The smallest absolute Gasteiger partial charge is 0.227 e. The molecule has 1 aliphatic rings. The molecule has 1 fully saturated rings. The molecule has 2 aromatic carbocycles. The van der Waals surface area contributed by atoms with Gasteiger partial charge in [-0.2, -0.15) is 0 Å². The van der Waals surface area contributed by atoms with Crippen molar-refractivity contribution in [1.29, 1.82) is 0 Å². The van der Waals surface area contributed by atoms with Crippen molar-refractivity contribution >= 4 is 28.3 Å². The molecule has 0 radical (unpaired) electrons. The molecule has 0 aromatic heterocycles. The van der Waals surface area contributed by atoms with Gasteiger partial charge >= 0.3 is 0 Å². The number of nitrogens with one attached hydrogen (secondary N) is 1. The monoisotopic (exact) mass is 326 g/mol. The number of fused-ring (bicyclic) bond motifs is 1. The van der Waals surface area contributed by atoms with Crippen LogP contribution in [0.4, 0.5) is 5.69 Å². The first-order valence-corrected chi connectivity index (χ1v) is 8.17.